The Kier molecular flexibility index (Phi) is 4.46. The van der Waals surface area contributed by atoms with Crippen LogP contribution in [0.3, 0.4) is 0 Å². The van der Waals surface area contributed by atoms with E-state index in [0.29, 0.717) is 11.4 Å². The molecule has 0 unspecified atom stereocenters. The predicted molar refractivity (Wildman–Crippen MR) is 73.3 cm³/mol. The maximum atomic E-state index is 12.0. The van der Waals surface area contributed by atoms with E-state index in [-0.39, 0.29) is 5.91 Å². The number of hydrogen-bond acceptors (Lipinski definition) is 1. The van der Waals surface area contributed by atoms with Crippen LogP contribution < -0.4 is 0 Å². The molecule has 1 aromatic rings. The molecular formula is C13H15BrClNO. The van der Waals surface area contributed by atoms with E-state index in [4.69, 9.17) is 11.6 Å². The molecule has 17 heavy (non-hydrogen) atoms. The van der Waals surface area contributed by atoms with E-state index in [0.717, 1.165) is 36.0 Å². The monoisotopic (exact) mass is 315 g/mol. The molecule has 2 nitrogen and oxygen atoms in total. The Morgan fingerprint density at radius 1 is 1.29 bits per heavy atom. The second-order valence-electron chi connectivity index (χ2n) is 4.37. The second-order valence-corrected chi connectivity index (χ2v) is 5.63. The Morgan fingerprint density at radius 3 is 2.65 bits per heavy atom. The first-order chi connectivity index (χ1) is 8.16. The fraction of sp³-hybridized carbons (Fsp3) is 0.462. The molecule has 4 heteroatoms. The van der Waals surface area contributed by atoms with Crippen LogP contribution in [0.15, 0.2) is 22.7 Å². The molecule has 2 rings (SSSR count). The van der Waals surface area contributed by atoms with E-state index >= 15 is 0 Å². The van der Waals surface area contributed by atoms with E-state index in [1.54, 1.807) is 0 Å². The molecule has 0 aliphatic carbocycles. The number of rotatable bonds is 2. The summed E-state index contributed by atoms with van der Waals surface area (Å²) in [6.07, 6.45) is 3.98. The molecule has 1 saturated heterocycles. The van der Waals surface area contributed by atoms with E-state index in [1.165, 1.54) is 6.42 Å². The first-order valence-corrected chi connectivity index (χ1v) is 7.05. The van der Waals surface area contributed by atoms with Gasteiger partial charge in [0.05, 0.1) is 11.4 Å². The SMILES string of the molecule is O=C(Cc1ccc(Cl)c(Br)c1)N1CCCCC1. The van der Waals surface area contributed by atoms with Gasteiger partial charge in [0.2, 0.25) is 5.91 Å². The number of likely N-dealkylation sites (tertiary alicyclic amines) is 1. The summed E-state index contributed by atoms with van der Waals surface area (Å²) in [6, 6.07) is 5.66. The third-order valence-electron chi connectivity index (χ3n) is 3.05. The fourth-order valence-electron chi connectivity index (χ4n) is 2.08. The first-order valence-electron chi connectivity index (χ1n) is 5.88. The number of carbonyl (C=O) groups is 1. The third kappa shape index (κ3) is 3.46. The van der Waals surface area contributed by atoms with Crippen molar-refractivity contribution in [3.63, 3.8) is 0 Å². The standard InChI is InChI=1S/C13H15BrClNO/c14-11-8-10(4-5-12(11)15)9-13(17)16-6-2-1-3-7-16/h4-5,8H,1-3,6-7,9H2. The maximum Gasteiger partial charge on any atom is 0.226 e. The molecule has 1 aliphatic heterocycles. The smallest absolute Gasteiger partial charge is 0.226 e. The van der Waals surface area contributed by atoms with Gasteiger partial charge in [-0.1, -0.05) is 17.7 Å². The highest BCUT2D eigenvalue weighted by Gasteiger charge is 2.16. The highest BCUT2D eigenvalue weighted by atomic mass is 79.9. The first kappa shape index (κ1) is 12.9. The molecule has 0 N–H and O–H groups in total. The molecule has 0 atom stereocenters. The lowest BCUT2D eigenvalue weighted by Gasteiger charge is -2.26. The van der Waals surface area contributed by atoms with E-state index in [9.17, 15) is 4.79 Å². The lowest BCUT2D eigenvalue weighted by molar-refractivity contribution is -0.131. The third-order valence-corrected chi connectivity index (χ3v) is 4.26. The molecule has 1 fully saturated rings. The minimum absolute atomic E-state index is 0.221. The van der Waals surface area contributed by atoms with E-state index in [2.05, 4.69) is 15.9 Å². The Balaban J connectivity index is 1.99. The normalized spacial score (nSPS) is 16.0. The summed E-state index contributed by atoms with van der Waals surface area (Å²) in [7, 11) is 0. The Bertz CT molecular complexity index is 416. The molecule has 0 radical (unpaired) electrons. The average Bonchev–Trinajstić information content (AvgIpc) is 2.35. The summed E-state index contributed by atoms with van der Waals surface area (Å²) in [5.74, 6) is 0.221. The molecule has 1 aromatic carbocycles. The van der Waals surface area contributed by atoms with Crippen LogP contribution in [-0.2, 0) is 11.2 Å². The van der Waals surface area contributed by atoms with Crippen molar-refractivity contribution in [2.45, 2.75) is 25.7 Å². The van der Waals surface area contributed by atoms with Gasteiger partial charge in [0.25, 0.3) is 0 Å². The van der Waals surface area contributed by atoms with Gasteiger partial charge in [0.15, 0.2) is 0 Å². The summed E-state index contributed by atoms with van der Waals surface area (Å²) >= 11 is 9.30. The Labute approximate surface area is 115 Å². The van der Waals surface area contributed by atoms with Gasteiger partial charge in [0, 0.05) is 17.6 Å². The van der Waals surface area contributed by atoms with Gasteiger partial charge in [-0.05, 0) is 52.9 Å². The van der Waals surface area contributed by atoms with Crippen molar-refractivity contribution in [1.29, 1.82) is 0 Å². The van der Waals surface area contributed by atoms with Gasteiger partial charge in [-0.25, -0.2) is 0 Å². The van der Waals surface area contributed by atoms with Crippen molar-refractivity contribution >= 4 is 33.4 Å². The molecule has 92 valence electrons. The predicted octanol–water partition coefficient (Wildman–Crippen LogP) is 3.66. The summed E-state index contributed by atoms with van der Waals surface area (Å²) in [5.41, 5.74) is 1.01. The summed E-state index contributed by atoms with van der Waals surface area (Å²) in [6.45, 7) is 1.82. The number of hydrogen-bond donors (Lipinski definition) is 0. The highest BCUT2D eigenvalue weighted by Crippen LogP contribution is 2.23. The minimum Gasteiger partial charge on any atom is -0.342 e. The van der Waals surface area contributed by atoms with Gasteiger partial charge in [-0.15, -0.1) is 0 Å². The lowest BCUT2D eigenvalue weighted by Crippen LogP contribution is -2.36. The summed E-state index contributed by atoms with van der Waals surface area (Å²) < 4.78 is 0.850. The van der Waals surface area contributed by atoms with Crippen LogP contribution in [0, 0.1) is 0 Å². The van der Waals surface area contributed by atoms with Gasteiger partial charge >= 0.3 is 0 Å². The maximum absolute atomic E-state index is 12.0. The van der Waals surface area contributed by atoms with E-state index in [1.807, 2.05) is 23.1 Å². The van der Waals surface area contributed by atoms with Crippen LogP contribution in [-0.4, -0.2) is 23.9 Å². The van der Waals surface area contributed by atoms with Crippen molar-refractivity contribution < 1.29 is 4.79 Å². The fourth-order valence-corrected chi connectivity index (χ4v) is 2.62. The molecule has 0 saturated carbocycles. The second kappa shape index (κ2) is 5.87. The van der Waals surface area contributed by atoms with E-state index < -0.39 is 0 Å². The van der Waals surface area contributed by atoms with Crippen LogP contribution in [0.2, 0.25) is 5.02 Å². The zero-order valence-corrected chi connectivity index (χ0v) is 11.9. The number of amides is 1. The van der Waals surface area contributed by atoms with Crippen molar-refractivity contribution in [3.05, 3.63) is 33.3 Å². The van der Waals surface area contributed by atoms with Crippen LogP contribution in [0.1, 0.15) is 24.8 Å². The van der Waals surface area contributed by atoms with Gasteiger partial charge in [0.1, 0.15) is 0 Å². The molecule has 1 amide bonds. The van der Waals surface area contributed by atoms with Crippen molar-refractivity contribution in [2.75, 3.05) is 13.1 Å². The van der Waals surface area contributed by atoms with Crippen molar-refractivity contribution in [2.24, 2.45) is 0 Å². The Hall–Kier alpha value is -0.540. The molecule has 0 bridgehead atoms. The van der Waals surface area contributed by atoms with Gasteiger partial charge in [-0.3, -0.25) is 4.79 Å². The average molecular weight is 317 g/mol. The van der Waals surface area contributed by atoms with Crippen LogP contribution in [0.5, 0.6) is 0 Å². The Morgan fingerprint density at radius 2 is 2.00 bits per heavy atom. The topological polar surface area (TPSA) is 20.3 Å². The zero-order valence-electron chi connectivity index (χ0n) is 9.59. The number of benzene rings is 1. The minimum atomic E-state index is 0.221. The largest absolute Gasteiger partial charge is 0.342 e. The molecule has 0 spiro atoms. The number of nitrogens with zero attached hydrogens (tertiary/aromatic N) is 1. The number of piperidine rings is 1. The van der Waals surface area contributed by atoms with Crippen molar-refractivity contribution in [1.82, 2.24) is 4.90 Å². The molecule has 1 heterocycles. The summed E-state index contributed by atoms with van der Waals surface area (Å²) in [4.78, 5) is 14.0. The van der Waals surface area contributed by atoms with Crippen LogP contribution in [0.4, 0.5) is 0 Å². The van der Waals surface area contributed by atoms with Crippen LogP contribution >= 0.6 is 27.5 Å². The zero-order chi connectivity index (χ0) is 12.3. The van der Waals surface area contributed by atoms with Gasteiger partial charge < -0.3 is 4.90 Å². The van der Waals surface area contributed by atoms with Crippen molar-refractivity contribution in [3.8, 4) is 0 Å². The van der Waals surface area contributed by atoms with Crippen LogP contribution in [0.25, 0.3) is 0 Å². The molecule has 1 aliphatic rings. The number of carbonyl (C=O) groups excluding carboxylic acids is 1. The lowest BCUT2D eigenvalue weighted by atomic mass is 10.1. The number of halogens is 2. The molecule has 0 aromatic heterocycles. The molecular weight excluding hydrogens is 302 g/mol. The highest BCUT2D eigenvalue weighted by molar-refractivity contribution is 9.10. The quantitative estimate of drug-likeness (QED) is 0.815. The summed E-state index contributed by atoms with van der Waals surface area (Å²) in [5, 5.41) is 0.680. The van der Waals surface area contributed by atoms with Gasteiger partial charge in [-0.2, -0.15) is 0 Å².